The van der Waals surface area contributed by atoms with Crippen LogP contribution in [0.5, 0.6) is 5.75 Å². The first kappa shape index (κ1) is 23.8. The molecule has 0 bridgehead atoms. The summed E-state index contributed by atoms with van der Waals surface area (Å²) in [4.78, 5) is 27.9. The van der Waals surface area contributed by atoms with Crippen molar-refractivity contribution in [3.8, 4) is 5.75 Å². The molecule has 0 aliphatic heterocycles. The molecule has 1 atom stereocenters. The zero-order valence-corrected chi connectivity index (χ0v) is 17.8. The summed E-state index contributed by atoms with van der Waals surface area (Å²) in [7, 11) is 0. The molecule has 0 saturated heterocycles. The maximum atomic E-state index is 12.8. The third kappa shape index (κ3) is 5.88. The average Bonchev–Trinajstić information content (AvgIpc) is 3.13. The number of aliphatic carboxylic acids is 1. The maximum Gasteiger partial charge on any atom is 0.416 e. The third-order valence-electron chi connectivity index (χ3n) is 4.85. The minimum atomic E-state index is -4.48. The predicted octanol–water partition coefficient (Wildman–Crippen LogP) is 5.01. The summed E-state index contributed by atoms with van der Waals surface area (Å²) in [6.07, 6.45) is -0.374. The molecule has 0 unspecified atom stereocenters. The van der Waals surface area contributed by atoms with Crippen LogP contribution in [0, 0.1) is 6.92 Å². The van der Waals surface area contributed by atoms with Crippen LogP contribution in [-0.2, 0) is 17.5 Å². The van der Waals surface area contributed by atoms with E-state index in [1.165, 1.54) is 13.1 Å². The molecule has 3 aromatic rings. The number of carbonyl (C=O) groups is 2. The molecule has 9 heteroatoms. The molecule has 0 aliphatic rings. The summed E-state index contributed by atoms with van der Waals surface area (Å²) < 4.78 is 45.3. The average molecular weight is 458 g/mol. The van der Waals surface area contributed by atoms with E-state index in [9.17, 15) is 22.8 Å². The first-order valence-corrected chi connectivity index (χ1v) is 9.96. The molecule has 1 aromatic heterocycles. The van der Waals surface area contributed by atoms with Gasteiger partial charge in [0.2, 0.25) is 5.78 Å². The number of carboxylic acid groups (broad SMARTS) is 1. The number of allylic oxidation sites excluding steroid dienone is 1. The largest absolute Gasteiger partial charge is 0.479 e. The Morgan fingerprint density at radius 1 is 1.18 bits per heavy atom. The van der Waals surface area contributed by atoms with E-state index < -0.39 is 29.6 Å². The van der Waals surface area contributed by atoms with Crippen molar-refractivity contribution < 1.29 is 32.6 Å². The molecular weight excluding hydrogens is 437 g/mol. The number of aromatic nitrogens is 2. The van der Waals surface area contributed by atoms with Crippen molar-refractivity contribution in [1.82, 2.24) is 9.55 Å². The van der Waals surface area contributed by atoms with Gasteiger partial charge in [-0.25, -0.2) is 9.78 Å². The lowest BCUT2D eigenvalue weighted by Crippen LogP contribution is -2.22. The Morgan fingerprint density at radius 2 is 1.88 bits per heavy atom. The molecule has 3 rings (SSSR count). The fourth-order valence-corrected chi connectivity index (χ4v) is 3.05. The molecule has 0 aliphatic carbocycles. The number of hydrogen-bond donors (Lipinski definition) is 1. The quantitative estimate of drug-likeness (QED) is 0.480. The van der Waals surface area contributed by atoms with E-state index in [1.54, 1.807) is 41.8 Å². The molecule has 0 fully saturated rings. The van der Waals surface area contributed by atoms with Crippen molar-refractivity contribution in [2.24, 2.45) is 0 Å². The molecular formula is C24H21F3N2O4. The first-order valence-electron chi connectivity index (χ1n) is 9.96. The van der Waals surface area contributed by atoms with E-state index in [-0.39, 0.29) is 11.4 Å². The molecule has 1 heterocycles. The van der Waals surface area contributed by atoms with Gasteiger partial charge in [-0.1, -0.05) is 36.4 Å². The Balaban J connectivity index is 1.75. The molecule has 2 aromatic carbocycles. The zero-order chi connectivity index (χ0) is 24.2. The van der Waals surface area contributed by atoms with Gasteiger partial charge in [-0.2, -0.15) is 13.2 Å². The van der Waals surface area contributed by atoms with Crippen LogP contribution < -0.4 is 4.74 Å². The van der Waals surface area contributed by atoms with Gasteiger partial charge in [0.15, 0.2) is 11.9 Å². The lowest BCUT2D eigenvalue weighted by molar-refractivity contribution is -0.144. The lowest BCUT2D eigenvalue weighted by Gasteiger charge is -2.10. The number of nitrogens with zero attached hydrogens (tertiary/aromatic N) is 2. The van der Waals surface area contributed by atoms with Crippen molar-refractivity contribution in [3.63, 3.8) is 0 Å². The summed E-state index contributed by atoms with van der Waals surface area (Å²) in [5.74, 6) is -1.03. The number of hydrogen-bond acceptors (Lipinski definition) is 4. The van der Waals surface area contributed by atoms with Crippen molar-refractivity contribution in [2.45, 2.75) is 32.7 Å². The van der Waals surface area contributed by atoms with Crippen LogP contribution in [0.15, 0.2) is 60.8 Å². The molecule has 33 heavy (non-hydrogen) atoms. The van der Waals surface area contributed by atoms with Crippen LogP contribution in [0.25, 0.3) is 6.08 Å². The van der Waals surface area contributed by atoms with E-state index in [4.69, 9.17) is 9.84 Å². The molecule has 1 N–H and O–H groups in total. The summed E-state index contributed by atoms with van der Waals surface area (Å²) >= 11 is 0. The second-order valence-corrected chi connectivity index (χ2v) is 7.31. The van der Waals surface area contributed by atoms with E-state index in [1.807, 2.05) is 6.07 Å². The fourth-order valence-electron chi connectivity index (χ4n) is 3.05. The highest BCUT2D eigenvalue weighted by Crippen LogP contribution is 2.29. The second kappa shape index (κ2) is 9.72. The van der Waals surface area contributed by atoms with E-state index in [0.717, 1.165) is 29.8 Å². The van der Waals surface area contributed by atoms with Crippen LogP contribution in [-0.4, -0.2) is 32.5 Å². The Hall–Kier alpha value is -3.88. The van der Waals surface area contributed by atoms with Gasteiger partial charge < -0.3 is 14.4 Å². The fraction of sp³-hybridized carbons (Fsp3) is 0.208. The van der Waals surface area contributed by atoms with Gasteiger partial charge in [0.1, 0.15) is 5.75 Å². The van der Waals surface area contributed by atoms with Gasteiger partial charge in [-0.05, 0) is 43.7 Å². The molecule has 6 nitrogen and oxygen atoms in total. The number of rotatable bonds is 8. The number of benzene rings is 2. The molecule has 0 radical (unpaired) electrons. The molecule has 0 saturated carbocycles. The minimum Gasteiger partial charge on any atom is -0.479 e. The third-order valence-corrected chi connectivity index (χ3v) is 4.85. The zero-order valence-electron chi connectivity index (χ0n) is 17.8. The Morgan fingerprint density at radius 3 is 2.52 bits per heavy atom. The lowest BCUT2D eigenvalue weighted by atomic mass is 10.1. The molecule has 0 amide bonds. The Labute approximate surface area is 188 Å². The van der Waals surface area contributed by atoms with Crippen molar-refractivity contribution in [3.05, 3.63) is 89.0 Å². The van der Waals surface area contributed by atoms with Crippen LogP contribution in [0.4, 0.5) is 13.2 Å². The van der Waals surface area contributed by atoms with Gasteiger partial charge >= 0.3 is 12.1 Å². The molecule has 0 spiro atoms. The number of carboxylic acids is 1. The number of ketones is 1. The van der Waals surface area contributed by atoms with Crippen LogP contribution >= 0.6 is 0 Å². The van der Waals surface area contributed by atoms with E-state index in [2.05, 4.69) is 4.98 Å². The number of aryl methyl sites for hydroxylation is 1. The van der Waals surface area contributed by atoms with Gasteiger partial charge in [-0.3, -0.25) is 4.79 Å². The number of alkyl halides is 3. The monoisotopic (exact) mass is 458 g/mol. The maximum absolute atomic E-state index is 12.8. The van der Waals surface area contributed by atoms with E-state index >= 15 is 0 Å². The normalized spacial score (nSPS) is 12.6. The SMILES string of the molecule is Cc1cnc(C(=O)c2ccc(C(F)(F)F)cc2)n1C/C=C/c1cccc(O[C@@H](C)C(=O)O)c1. The summed E-state index contributed by atoms with van der Waals surface area (Å²) in [5.41, 5.74) is 0.752. The van der Waals surface area contributed by atoms with Crippen LogP contribution in [0.3, 0.4) is 0 Å². The Kier molecular flexibility index (Phi) is 7.01. The highest BCUT2D eigenvalue weighted by Gasteiger charge is 2.30. The number of halogens is 3. The van der Waals surface area contributed by atoms with E-state index in [0.29, 0.717) is 18.0 Å². The number of carbonyl (C=O) groups excluding carboxylic acids is 1. The molecule has 172 valence electrons. The number of imidazole rings is 1. The van der Waals surface area contributed by atoms with Crippen LogP contribution in [0.1, 0.15) is 39.9 Å². The first-order chi connectivity index (χ1) is 15.6. The Bertz CT molecular complexity index is 1180. The van der Waals surface area contributed by atoms with Crippen molar-refractivity contribution in [2.75, 3.05) is 0 Å². The van der Waals surface area contributed by atoms with Gasteiger partial charge in [0, 0.05) is 24.0 Å². The summed E-state index contributed by atoms with van der Waals surface area (Å²) in [6.45, 7) is 3.50. The van der Waals surface area contributed by atoms with Gasteiger partial charge in [0.05, 0.1) is 5.56 Å². The smallest absolute Gasteiger partial charge is 0.416 e. The summed E-state index contributed by atoms with van der Waals surface area (Å²) in [6, 6.07) is 10.9. The highest BCUT2D eigenvalue weighted by molar-refractivity contribution is 6.06. The predicted molar refractivity (Wildman–Crippen MR) is 115 cm³/mol. The summed E-state index contributed by atoms with van der Waals surface area (Å²) in [5, 5.41) is 8.96. The highest BCUT2D eigenvalue weighted by atomic mass is 19.4. The van der Waals surface area contributed by atoms with Crippen molar-refractivity contribution >= 4 is 17.8 Å². The van der Waals surface area contributed by atoms with Gasteiger partial charge in [-0.15, -0.1) is 0 Å². The second-order valence-electron chi connectivity index (χ2n) is 7.31. The van der Waals surface area contributed by atoms with Crippen LogP contribution in [0.2, 0.25) is 0 Å². The minimum absolute atomic E-state index is 0.108. The number of ether oxygens (including phenoxy) is 1. The topological polar surface area (TPSA) is 81.4 Å². The van der Waals surface area contributed by atoms with Crippen molar-refractivity contribution in [1.29, 1.82) is 0 Å². The standard InChI is InChI=1S/C24H21F3N2O4/c1-15-14-28-22(21(30)18-8-10-19(11-9-18)24(25,26)27)29(15)12-4-6-17-5-3-7-20(13-17)33-16(2)23(31)32/h3-11,13-14,16H,12H2,1-2H3,(H,31,32)/b6-4+/t16-/m0/s1. The van der Waals surface area contributed by atoms with Gasteiger partial charge in [0.25, 0.3) is 0 Å².